The largest absolute Gasteiger partial charge is 0.496 e. The van der Waals surface area contributed by atoms with Gasteiger partial charge in [-0.2, -0.15) is 0 Å². The number of thiazole rings is 1. The molecule has 0 amide bonds. The van der Waals surface area contributed by atoms with Crippen molar-refractivity contribution in [2.24, 2.45) is 4.99 Å². The second-order valence-electron chi connectivity index (χ2n) is 5.69. The van der Waals surface area contributed by atoms with E-state index < -0.39 is 0 Å². The number of hydrogen-bond acceptors (Lipinski definition) is 4. The summed E-state index contributed by atoms with van der Waals surface area (Å²) in [5.74, 6) is 2.03. The van der Waals surface area contributed by atoms with Crippen molar-refractivity contribution in [1.82, 2.24) is 15.6 Å². The number of nitrogens with one attached hydrogen (secondary N) is 2. The van der Waals surface area contributed by atoms with Crippen molar-refractivity contribution < 1.29 is 4.74 Å². The van der Waals surface area contributed by atoms with Gasteiger partial charge >= 0.3 is 0 Å². The summed E-state index contributed by atoms with van der Waals surface area (Å²) in [5, 5.41) is 7.83. The molecule has 0 spiro atoms. The summed E-state index contributed by atoms with van der Waals surface area (Å²) < 4.78 is 5.44. The highest BCUT2D eigenvalue weighted by molar-refractivity contribution is 7.11. The molecule has 1 atom stereocenters. The molecule has 24 heavy (non-hydrogen) atoms. The third-order valence-corrected chi connectivity index (χ3v) is 4.96. The van der Waals surface area contributed by atoms with Crippen molar-refractivity contribution in [2.45, 2.75) is 33.2 Å². The number of guanidine groups is 1. The lowest BCUT2D eigenvalue weighted by atomic mass is 10.0. The highest BCUT2D eigenvalue weighted by Gasteiger charge is 2.12. The van der Waals surface area contributed by atoms with E-state index in [1.807, 2.05) is 32.0 Å². The second-order valence-corrected chi connectivity index (χ2v) is 6.98. The molecular weight excluding hydrogens is 320 g/mol. The Kier molecular flexibility index (Phi) is 6.61. The number of hydrogen-bond donors (Lipinski definition) is 2. The lowest BCUT2D eigenvalue weighted by molar-refractivity contribution is 0.406. The van der Waals surface area contributed by atoms with Gasteiger partial charge in [0.2, 0.25) is 0 Å². The molecule has 2 N–H and O–H groups in total. The summed E-state index contributed by atoms with van der Waals surface area (Å²) in [7, 11) is 3.49. The number of rotatable bonds is 6. The number of aliphatic imine (C=N–C) groups is 1. The zero-order valence-corrected chi connectivity index (χ0v) is 15.8. The maximum absolute atomic E-state index is 5.44. The van der Waals surface area contributed by atoms with E-state index in [1.54, 1.807) is 25.5 Å². The molecule has 2 aromatic rings. The summed E-state index contributed by atoms with van der Waals surface area (Å²) >= 11 is 1.72. The monoisotopic (exact) mass is 346 g/mol. The van der Waals surface area contributed by atoms with Crippen molar-refractivity contribution in [3.05, 3.63) is 45.4 Å². The molecular formula is C18H26N4OS. The third kappa shape index (κ3) is 4.71. The third-order valence-electron chi connectivity index (χ3n) is 3.89. The predicted octanol–water partition coefficient (Wildman–Crippen LogP) is 3.24. The van der Waals surface area contributed by atoms with Gasteiger partial charge in [-0.3, -0.25) is 4.99 Å². The number of aryl methyl sites for hydroxylation is 2. The van der Waals surface area contributed by atoms with Crippen molar-refractivity contribution in [3.63, 3.8) is 0 Å². The van der Waals surface area contributed by atoms with Gasteiger partial charge in [0.1, 0.15) is 5.75 Å². The molecule has 1 heterocycles. The first-order valence-corrected chi connectivity index (χ1v) is 8.87. The fourth-order valence-corrected chi connectivity index (χ4v) is 3.43. The Hall–Kier alpha value is -2.08. The standard InChI is InChI=1S/C18H26N4OS/c1-12(15-8-6-7-9-16(15)23-5)10-20-18(19-4)21-11-17-13(2)22-14(3)24-17/h6-9,12H,10-11H2,1-5H3,(H2,19,20,21). The van der Waals surface area contributed by atoms with Gasteiger partial charge in [0.25, 0.3) is 0 Å². The number of benzene rings is 1. The number of methoxy groups -OCH3 is 1. The van der Waals surface area contributed by atoms with Crippen LogP contribution in [0.1, 0.15) is 34.0 Å². The summed E-state index contributed by atoms with van der Waals surface area (Å²) in [6, 6.07) is 8.12. The van der Waals surface area contributed by atoms with Crippen LogP contribution in [0.15, 0.2) is 29.3 Å². The minimum Gasteiger partial charge on any atom is -0.496 e. The maximum Gasteiger partial charge on any atom is 0.191 e. The van der Waals surface area contributed by atoms with Crippen molar-refractivity contribution in [3.8, 4) is 5.75 Å². The number of aromatic nitrogens is 1. The van der Waals surface area contributed by atoms with Crippen LogP contribution in [0, 0.1) is 13.8 Å². The van der Waals surface area contributed by atoms with Crippen LogP contribution >= 0.6 is 11.3 Å². The van der Waals surface area contributed by atoms with Gasteiger partial charge < -0.3 is 15.4 Å². The van der Waals surface area contributed by atoms with E-state index in [-0.39, 0.29) is 0 Å². The molecule has 0 saturated carbocycles. The van der Waals surface area contributed by atoms with E-state index in [2.05, 4.69) is 33.6 Å². The van der Waals surface area contributed by atoms with Crippen LogP contribution in [0.3, 0.4) is 0 Å². The van der Waals surface area contributed by atoms with Crippen LogP contribution in [0.25, 0.3) is 0 Å². The minimum absolute atomic E-state index is 0.312. The van der Waals surface area contributed by atoms with Gasteiger partial charge in [-0.05, 0) is 25.5 Å². The average Bonchev–Trinajstić information content (AvgIpc) is 2.92. The van der Waals surface area contributed by atoms with E-state index in [0.29, 0.717) is 5.92 Å². The number of ether oxygens (including phenoxy) is 1. The first kappa shape index (κ1) is 18.3. The SMILES string of the molecule is CN=C(NCc1sc(C)nc1C)NCC(C)c1ccccc1OC. The molecule has 2 rings (SSSR count). The number of nitrogens with zero attached hydrogens (tertiary/aromatic N) is 2. The molecule has 1 aromatic carbocycles. The zero-order chi connectivity index (χ0) is 17.5. The van der Waals surface area contributed by atoms with E-state index >= 15 is 0 Å². The van der Waals surface area contributed by atoms with Crippen molar-refractivity contribution in [1.29, 1.82) is 0 Å². The molecule has 0 radical (unpaired) electrons. The number of para-hydroxylation sites is 1. The molecule has 1 unspecified atom stereocenters. The smallest absolute Gasteiger partial charge is 0.191 e. The van der Waals surface area contributed by atoms with E-state index in [1.165, 1.54) is 10.4 Å². The fraction of sp³-hybridized carbons (Fsp3) is 0.444. The normalized spacial score (nSPS) is 12.8. The maximum atomic E-state index is 5.44. The summed E-state index contributed by atoms with van der Waals surface area (Å²) in [4.78, 5) is 9.99. The molecule has 5 nitrogen and oxygen atoms in total. The van der Waals surface area contributed by atoms with Crippen LogP contribution in [0.2, 0.25) is 0 Å². The quantitative estimate of drug-likeness (QED) is 0.623. The van der Waals surface area contributed by atoms with Crippen molar-refractivity contribution >= 4 is 17.3 Å². The lowest BCUT2D eigenvalue weighted by Gasteiger charge is -2.18. The van der Waals surface area contributed by atoms with Gasteiger partial charge in [-0.25, -0.2) is 4.98 Å². The van der Waals surface area contributed by atoms with Gasteiger partial charge in [0, 0.05) is 24.4 Å². The fourth-order valence-electron chi connectivity index (χ4n) is 2.56. The Morgan fingerprint density at radius 3 is 2.67 bits per heavy atom. The van der Waals surface area contributed by atoms with E-state index in [0.717, 1.165) is 35.5 Å². The molecule has 0 bridgehead atoms. The highest BCUT2D eigenvalue weighted by Crippen LogP contribution is 2.25. The topological polar surface area (TPSA) is 58.5 Å². The Morgan fingerprint density at radius 2 is 2.04 bits per heavy atom. The summed E-state index contributed by atoms with van der Waals surface area (Å²) in [5.41, 5.74) is 2.28. The molecule has 0 aliphatic heterocycles. The van der Waals surface area contributed by atoms with E-state index in [4.69, 9.17) is 4.74 Å². The first-order valence-electron chi connectivity index (χ1n) is 8.05. The van der Waals surface area contributed by atoms with Crippen LogP contribution in [0.4, 0.5) is 0 Å². The van der Waals surface area contributed by atoms with Gasteiger partial charge in [0.15, 0.2) is 5.96 Å². The highest BCUT2D eigenvalue weighted by atomic mass is 32.1. The minimum atomic E-state index is 0.312. The molecule has 0 aliphatic rings. The molecule has 0 fully saturated rings. The molecule has 1 aromatic heterocycles. The molecule has 130 valence electrons. The predicted molar refractivity (Wildman–Crippen MR) is 101 cm³/mol. The lowest BCUT2D eigenvalue weighted by Crippen LogP contribution is -2.38. The molecule has 0 aliphatic carbocycles. The van der Waals surface area contributed by atoms with Crippen LogP contribution in [0.5, 0.6) is 5.75 Å². The Balaban J connectivity index is 1.90. The second kappa shape index (κ2) is 8.68. The summed E-state index contributed by atoms with van der Waals surface area (Å²) in [6.07, 6.45) is 0. The molecule has 6 heteroatoms. The Bertz CT molecular complexity index is 696. The Morgan fingerprint density at radius 1 is 1.29 bits per heavy atom. The zero-order valence-electron chi connectivity index (χ0n) is 15.0. The summed E-state index contributed by atoms with van der Waals surface area (Å²) in [6.45, 7) is 7.76. The first-order chi connectivity index (χ1) is 11.5. The van der Waals surface area contributed by atoms with E-state index in [9.17, 15) is 0 Å². The Labute approximate surface area is 148 Å². The van der Waals surface area contributed by atoms with Gasteiger partial charge in [0.05, 0.1) is 24.4 Å². The van der Waals surface area contributed by atoms with Crippen LogP contribution < -0.4 is 15.4 Å². The van der Waals surface area contributed by atoms with Gasteiger partial charge in [-0.15, -0.1) is 11.3 Å². The van der Waals surface area contributed by atoms with Gasteiger partial charge in [-0.1, -0.05) is 25.1 Å². The molecule has 0 saturated heterocycles. The van der Waals surface area contributed by atoms with Crippen LogP contribution in [-0.4, -0.2) is 31.6 Å². The average molecular weight is 347 g/mol. The van der Waals surface area contributed by atoms with Crippen molar-refractivity contribution in [2.75, 3.05) is 20.7 Å². The van der Waals surface area contributed by atoms with Crippen LogP contribution in [-0.2, 0) is 6.54 Å².